The number of aromatic nitrogens is 1. The van der Waals surface area contributed by atoms with Gasteiger partial charge in [-0.3, -0.25) is 4.99 Å². The maximum absolute atomic E-state index is 4.63. The van der Waals surface area contributed by atoms with E-state index in [9.17, 15) is 0 Å². The quantitative estimate of drug-likeness (QED) is 0.606. The van der Waals surface area contributed by atoms with E-state index >= 15 is 0 Å². The average Bonchev–Trinajstić information content (AvgIpc) is 2.93. The number of aliphatic imine (C=N–C) groups is 1. The van der Waals surface area contributed by atoms with Crippen molar-refractivity contribution in [3.63, 3.8) is 0 Å². The molecule has 1 aromatic heterocycles. The van der Waals surface area contributed by atoms with Crippen LogP contribution >= 0.6 is 11.3 Å². The lowest BCUT2D eigenvalue weighted by molar-refractivity contribution is 0.794. The Balaban J connectivity index is 1.79. The summed E-state index contributed by atoms with van der Waals surface area (Å²) < 4.78 is 0. The van der Waals surface area contributed by atoms with Gasteiger partial charge in [-0.25, -0.2) is 4.98 Å². The molecule has 0 fully saturated rings. The Morgan fingerprint density at radius 3 is 2.78 bits per heavy atom. The summed E-state index contributed by atoms with van der Waals surface area (Å²) in [5.41, 5.74) is 3.79. The third-order valence-electron chi connectivity index (χ3n) is 3.44. The molecule has 2 N–H and O–H groups in total. The van der Waals surface area contributed by atoms with Crippen molar-refractivity contribution in [3.8, 4) is 0 Å². The summed E-state index contributed by atoms with van der Waals surface area (Å²) in [7, 11) is 0. The molecule has 0 aliphatic carbocycles. The molecule has 0 aliphatic rings. The van der Waals surface area contributed by atoms with E-state index < -0.39 is 0 Å². The van der Waals surface area contributed by atoms with Crippen molar-refractivity contribution in [2.24, 2.45) is 4.99 Å². The first-order valence-corrected chi connectivity index (χ1v) is 9.04. The van der Waals surface area contributed by atoms with Crippen LogP contribution in [0.4, 0.5) is 0 Å². The van der Waals surface area contributed by atoms with Gasteiger partial charge >= 0.3 is 0 Å². The summed E-state index contributed by atoms with van der Waals surface area (Å²) in [5.74, 6) is 0.882. The molecule has 1 aromatic carbocycles. The van der Waals surface area contributed by atoms with Crippen LogP contribution in [0.5, 0.6) is 0 Å². The van der Waals surface area contributed by atoms with Gasteiger partial charge in [0.15, 0.2) is 5.96 Å². The normalized spacial score (nSPS) is 11.5. The van der Waals surface area contributed by atoms with Crippen molar-refractivity contribution >= 4 is 17.3 Å². The summed E-state index contributed by atoms with van der Waals surface area (Å²) in [6.07, 6.45) is 1.89. The zero-order chi connectivity index (χ0) is 16.5. The van der Waals surface area contributed by atoms with Crippen LogP contribution in [-0.4, -0.2) is 30.6 Å². The van der Waals surface area contributed by atoms with Gasteiger partial charge in [0, 0.05) is 31.4 Å². The minimum atomic E-state index is 0.753. The Bertz CT molecular complexity index is 633. The highest BCUT2D eigenvalue weighted by Gasteiger charge is 2.00. The van der Waals surface area contributed by atoms with Crippen LogP contribution in [0.1, 0.15) is 28.8 Å². The summed E-state index contributed by atoms with van der Waals surface area (Å²) in [6.45, 7) is 8.75. The Kier molecular flexibility index (Phi) is 7.07. The molecule has 124 valence electrons. The highest BCUT2D eigenvalue weighted by molar-refractivity contribution is 7.09. The van der Waals surface area contributed by atoms with Gasteiger partial charge in [0.1, 0.15) is 0 Å². The van der Waals surface area contributed by atoms with Gasteiger partial charge in [-0.2, -0.15) is 0 Å². The van der Waals surface area contributed by atoms with Crippen molar-refractivity contribution in [1.82, 2.24) is 15.6 Å². The first-order valence-electron chi connectivity index (χ1n) is 8.16. The molecular formula is C18H26N4S. The molecule has 0 aliphatic heterocycles. The fourth-order valence-electron chi connectivity index (χ4n) is 2.34. The smallest absolute Gasteiger partial charge is 0.191 e. The number of benzene rings is 1. The number of hydrogen-bond donors (Lipinski definition) is 2. The largest absolute Gasteiger partial charge is 0.357 e. The molecule has 0 atom stereocenters. The molecule has 0 radical (unpaired) electrons. The topological polar surface area (TPSA) is 49.3 Å². The van der Waals surface area contributed by atoms with Gasteiger partial charge < -0.3 is 10.6 Å². The molecule has 0 spiro atoms. The third-order valence-corrected chi connectivity index (χ3v) is 4.26. The summed E-state index contributed by atoms with van der Waals surface area (Å²) in [5, 5.41) is 9.93. The van der Waals surface area contributed by atoms with Crippen LogP contribution < -0.4 is 10.6 Å². The predicted octanol–water partition coefficient (Wildman–Crippen LogP) is 3.10. The molecule has 2 aromatic rings. The van der Waals surface area contributed by atoms with E-state index in [1.165, 1.54) is 11.1 Å². The second-order valence-corrected chi connectivity index (χ2v) is 6.60. The minimum absolute atomic E-state index is 0.753. The second kappa shape index (κ2) is 9.30. The van der Waals surface area contributed by atoms with Gasteiger partial charge in [-0.05, 0) is 32.8 Å². The molecule has 0 saturated heterocycles. The molecule has 23 heavy (non-hydrogen) atoms. The molecule has 2 rings (SSSR count). The Morgan fingerprint density at radius 1 is 1.22 bits per heavy atom. The Hall–Kier alpha value is -1.88. The van der Waals surface area contributed by atoms with E-state index in [-0.39, 0.29) is 0 Å². The van der Waals surface area contributed by atoms with Crippen molar-refractivity contribution in [1.29, 1.82) is 0 Å². The third kappa shape index (κ3) is 6.40. The molecule has 1 heterocycles. The van der Waals surface area contributed by atoms with Crippen LogP contribution in [0.15, 0.2) is 34.6 Å². The first-order chi connectivity index (χ1) is 11.2. The van der Waals surface area contributed by atoms with Crippen molar-refractivity contribution in [3.05, 3.63) is 51.5 Å². The van der Waals surface area contributed by atoms with E-state index in [1.807, 2.05) is 6.92 Å². The average molecular weight is 331 g/mol. The maximum atomic E-state index is 4.63. The lowest BCUT2D eigenvalue weighted by Gasteiger charge is -2.11. The van der Waals surface area contributed by atoms with Crippen molar-refractivity contribution in [2.75, 3.05) is 19.6 Å². The minimum Gasteiger partial charge on any atom is -0.357 e. The fourth-order valence-corrected chi connectivity index (χ4v) is 2.99. The molecule has 5 heteroatoms. The Labute approximate surface area is 143 Å². The van der Waals surface area contributed by atoms with Gasteiger partial charge in [-0.1, -0.05) is 29.8 Å². The predicted molar refractivity (Wildman–Crippen MR) is 99.4 cm³/mol. The fraction of sp³-hybridized carbons (Fsp3) is 0.444. The number of aryl methyl sites for hydroxylation is 2. The number of rotatable bonds is 7. The van der Waals surface area contributed by atoms with Crippen LogP contribution in [-0.2, 0) is 12.8 Å². The van der Waals surface area contributed by atoms with Crippen LogP contribution in [0.25, 0.3) is 0 Å². The van der Waals surface area contributed by atoms with Crippen LogP contribution in [0.2, 0.25) is 0 Å². The van der Waals surface area contributed by atoms with E-state index in [0.717, 1.165) is 49.1 Å². The number of nitrogens with zero attached hydrogens (tertiary/aromatic N) is 2. The standard InChI is InChI=1S/C18H26N4S/c1-4-19-18(21-11-9-17-13-23-15(3)22-17)20-10-8-16-7-5-6-14(2)12-16/h5-7,12-13H,4,8-11H2,1-3H3,(H2,19,20,21). The summed E-state index contributed by atoms with van der Waals surface area (Å²) >= 11 is 1.70. The number of thiazole rings is 1. The molecule has 0 saturated carbocycles. The zero-order valence-corrected chi connectivity index (χ0v) is 15.0. The van der Waals surface area contributed by atoms with Crippen LogP contribution in [0, 0.1) is 13.8 Å². The number of hydrogen-bond acceptors (Lipinski definition) is 3. The van der Waals surface area contributed by atoms with Gasteiger partial charge in [0.05, 0.1) is 10.7 Å². The van der Waals surface area contributed by atoms with Gasteiger partial charge in [-0.15, -0.1) is 11.3 Å². The lowest BCUT2D eigenvalue weighted by Crippen LogP contribution is -2.38. The van der Waals surface area contributed by atoms with E-state index in [4.69, 9.17) is 0 Å². The molecule has 0 bridgehead atoms. The van der Waals surface area contributed by atoms with E-state index in [2.05, 4.69) is 64.1 Å². The molecule has 0 unspecified atom stereocenters. The van der Waals surface area contributed by atoms with Crippen molar-refractivity contribution < 1.29 is 0 Å². The van der Waals surface area contributed by atoms with E-state index in [1.54, 1.807) is 11.3 Å². The van der Waals surface area contributed by atoms with Crippen LogP contribution in [0.3, 0.4) is 0 Å². The Morgan fingerprint density at radius 2 is 2.09 bits per heavy atom. The summed E-state index contributed by atoms with van der Waals surface area (Å²) in [6, 6.07) is 8.64. The second-order valence-electron chi connectivity index (χ2n) is 5.53. The van der Waals surface area contributed by atoms with Gasteiger partial charge in [0.2, 0.25) is 0 Å². The van der Waals surface area contributed by atoms with E-state index in [0.29, 0.717) is 0 Å². The van der Waals surface area contributed by atoms with Gasteiger partial charge in [0.25, 0.3) is 0 Å². The lowest BCUT2D eigenvalue weighted by atomic mass is 10.1. The molecule has 0 amide bonds. The number of nitrogens with one attached hydrogen (secondary N) is 2. The summed E-state index contributed by atoms with van der Waals surface area (Å²) in [4.78, 5) is 9.10. The monoisotopic (exact) mass is 330 g/mol. The maximum Gasteiger partial charge on any atom is 0.191 e. The zero-order valence-electron chi connectivity index (χ0n) is 14.2. The first kappa shape index (κ1) is 17.5. The molecule has 4 nitrogen and oxygen atoms in total. The SMILES string of the molecule is CCNC(=NCCc1csc(C)n1)NCCc1cccc(C)c1. The number of guanidine groups is 1. The highest BCUT2D eigenvalue weighted by atomic mass is 32.1. The molecular weight excluding hydrogens is 304 g/mol. The van der Waals surface area contributed by atoms with Crippen molar-refractivity contribution in [2.45, 2.75) is 33.6 Å². The highest BCUT2D eigenvalue weighted by Crippen LogP contribution is 2.08.